The van der Waals surface area contributed by atoms with Gasteiger partial charge in [-0.2, -0.15) is 0 Å². The van der Waals surface area contributed by atoms with E-state index in [4.69, 9.17) is 0 Å². The zero-order chi connectivity index (χ0) is 17.1. The Morgan fingerprint density at radius 3 is 1.91 bits per heavy atom. The highest BCUT2D eigenvalue weighted by Gasteiger charge is 2.70. The second-order valence-electron chi connectivity index (χ2n) is 11.6. The first-order chi connectivity index (χ1) is 10.4. The first-order valence-electron chi connectivity index (χ1n) is 10.1. The third-order valence-corrected chi connectivity index (χ3v) is 12.8. The van der Waals surface area contributed by atoms with Crippen molar-refractivity contribution in [1.29, 1.82) is 0 Å². The van der Waals surface area contributed by atoms with E-state index in [1.807, 2.05) is 0 Å². The molecule has 0 radical (unpaired) electrons. The minimum absolute atomic E-state index is 0.525. The molecular formula is C22H37I. The van der Waals surface area contributed by atoms with E-state index in [9.17, 15) is 0 Å². The summed E-state index contributed by atoms with van der Waals surface area (Å²) in [5.41, 5.74) is 2.17. The Hall–Kier alpha value is 0.730. The standard InChI is InChI=1S/C22H37I/c1-18(2)13-17-14(12-21(18,6)19(17,3)4)11-20(5)15-8-9-16(10-15)22(20,7)23/h14-17H,8-13H2,1-7H3/t14?,15?,16?,17?,20-,21?,22?/m0/s1. The van der Waals surface area contributed by atoms with Crippen LogP contribution in [0.2, 0.25) is 0 Å². The Kier molecular flexibility index (Phi) is 3.37. The van der Waals surface area contributed by atoms with E-state index < -0.39 is 0 Å². The van der Waals surface area contributed by atoms with Crippen LogP contribution < -0.4 is 0 Å². The van der Waals surface area contributed by atoms with E-state index in [1.54, 1.807) is 0 Å². The number of alkyl halides is 1. The van der Waals surface area contributed by atoms with Crippen molar-refractivity contribution in [2.24, 2.45) is 45.3 Å². The smallest absolute Gasteiger partial charge is 0.0278 e. The van der Waals surface area contributed by atoms with Gasteiger partial charge in [0.05, 0.1) is 0 Å². The fourth-order valence-corrected chi connectivity index (χ4v) is 9.54. The minimum Gasteiger partial charge on any atom is -0.0783 e. The largest absolute Gasteiger partial charge is 0.0783 e. The van der Waals surface area contributed by atoms with Crippen LogP contribution in [-0.4, -0.2) is 3.42 Å². The maximum absolute atomic E-state index is 2.87. The predicted molar refractivity (Wildman–Crippen MR) is 108 cm³/mol. The summed E-state index contributed by atoms with van der Waals surface area (Å²) in [7, 11) is 0. The summed E-state index contributed by atoms with van der Waals surface area (Å²) in [4.78, 5) is 0. The molecular weight excluding hydrogens is 391 g/mol. The molecule has 0 amide bonds. The summed E-state index contributed by atoms with van der Waals surface area (Å²) in [6.07, 6.45) is 9.00. The Bertz CT molecular complexity index is 530. The van der Waals surface area contributed by atoms with Gasteiger partial charge < -0.3 is 0 Å². The fourth-order valence-electron chi connectivity index (χ4n) is 8.32. The molecule has 0 heterocycles. The molecule has 132 valence electrons. The molecule has 0 aromatic carbocycles. The van der Waals surface area contributed by atoms with Crippen molar-refractivity contribution in [2.45, 2.75) is 90.4 Å². The Balaban J connectivity index is 1.63. The van der Waals surface area contributed by atoms with E-state index in [-0.39, 0.29) is 0 Å². The lowest BCUT2D eigenvalue weighted by Gasteiger charge is -2.50. The Morgan fingerprint density at radius 2 is 1.48 bits per heavy atom. The molecule has 7 atom stereocenters. The average molecular weight is 428 g/mol. The molecule has 0 spiro atoms. The van der Waals surface area contributed by atoms with Crippen LogP contribution in [0.5, 0.6) is 0 Å². The van der Waals surface area contributed by atoms with Crippen LogP contribution in [0.4, 0.5) is 0 Å². The molecule has 0 N–H and O–H groups in total. The zero-order valence-corrected chi connectivity index (χ0v) is 18.6. The van der Waals surface area contributed by atoms with Crippen molar-refractivity contribution >= 4 is 22.6 Å². The van der Waals surface area contributed by atoms with Crippen LogP contribution >= 0.6 is 22.6 Å². The van der Waals surface area contributed by atoms with Gasteiger partial charge in [-0.1, -0.05) is 64.1 Å². The Morgan fingerprint density at radius 1 is 0.870 bits per heavy atom. The zero-order valence-electron chi connectivity index (χ0n) is 16.4. The highest BCUT2D eigenvalue weighted by molar-refractivity contribution is 14.1. The molecule has 0 aromatic heterocycles. The molecule has 6 unspecified atom stereocenters. The van der Waals surface area contributed by atoms with Crippen LogP contribution in [0.15, 0.2) is 0 Å². The van der Waals surface area contributed by atoms with E-state index in [0.717, 1.165) is 23.7 Å². The third kappa shape index (κ3) is 1.80. The van der Waals surface area contributed by atoms with Crippen molar-refractivity contribution in [3.8, 4) is 0 Å². The summed E-state index contributed by atoms with van der Waals surface area (Å²) in [5.74, 6) is 3.93. The van der Waals surface area contributed by atoms with Gasteiger partial charge in [0, 0.05) is 3.42 Å². The van der Waals surface area contributed by atoms with Crippen molar-refractivity contribution in [3.63, 3.8) is 0 Å². The molecule has 4 saturated carbocycles. The van der Waals surface area contributed by atoms with Crippen molar-refractivity contribution in [2.75, 3.05) is 0 Å². The van der Waals surface area contributed by atoms with E-state index in [1.165, 1.54) is 38.5 Å². The molecule has 23 heavy (non-hydrogen) atoms. The monoisotopic (exact) mass is 428 g/mol. The number of rotatable bonds is 2. The summed E-state index contributed by atoms with van der Waals surface area (Å²) in [6.45, 7) is 18.2. The van der Waals surface area contributed by atoms with E-state index >= 15 is 0 Å². The van der Waals surface area contributed by atoms with Crippen LogP contribution in [0, 0.1) is 45.3 Å². The van der Waals surface area contributed by atoms with Crippen molar-refractivity contribution in [3.05, 3.63) is 0 Å². The molecule has 0 saturated heterocycles. The molecule has 4 bridgehead atoms. The molecule has 0 aromatic rings. The summed E-state index contributed by atoms with van der Waals surface area (Å²) >= 11 is 2.87. The quantitative estimate of drug-likeness (QED) is 0.325. The molecule has 4 rings (SSSR count). The number of fused-ring (bicyclic) bond motifs is 4. The lowest BCUT2D eigenvalue weighted by molar-refractivity contribution is 0.0262. The lowest BCUT2D eigenvalue weighted by Crippen LogP contribution is -2.46. The van der Waals surface area contributed by atoms with Crippen LogP contribution in [0.3, 0.4) is 0 Å². The molecule has 0 nitrogen and oxygen atoms in total. The van der Waals surface area contributed by atoms with Crippen molar-refractivity contribution < 1.29 is 0 Å². The number of hydrogen-bond donors (Lipinski definition) is 0. The Labute approximate surface area is 158 Å². The van der Waals surface area contributed by atoms with Gasteiger partial charge >= 0.3 is 0 Å². The van der Waals surface area contributed by atoms with Crippen LogP contribution in [-0.2, 0) is 0 Å². The highest BCUT2D eigenvalue weighted by atomic mass is 127. The minimum atomic E-state index is 0.525. The van der Waals surface area contributed by atoms with Gasteiger partial charge in [-0.3, -0.25) is 0 Å². The van der Waals surface area contributed by atoms with E-state index in [0.29, 0.717) is 25.1 Å². The second-order valence-corrected chi connectivity index (χ2v) is 13.9. The van der Waals surface area contributed by atoms with Crippen LogP contribution in [0.1, 0.15) is 87.0 Å². The predicted octanol–water partition coefficient (Wildman–Crippen LogP) is 7.10. The molecule has 0 aliphatic heterocycles. The SMILES string of the molecule is CC1(C)CC2C(C[C@@]3(C)C4CCC(C4)C3(C)I)CC1(C)C2(C)C. The second kappa shape index (κ2) is 4.52. The number of hydrogen-bond acceptors (Lipinski definition) is 0. The molecule has 1 heteroatoms. The van der Waals surface area contributed by atoms with Crippen molar-refractivity contribution in [1.82, 2.24) is 0 Å². The third-order valence-electron chi connectivity index (χ3n) is 10.7. The molecule has 4 fully saturated rings. The van der Waals surface area contributed by atoms with Gasteiger partial charge in [-0.15, -0.1) is 0 Å². The molecule has 4 aliphatic rings. The topological polar surface area (TPSA) is 0 Å². The summed E-state index contributed by atoms with van der Waals surface area (Å²) in [5, 5.41) is 0. The normalized spacial score (nSPS) is 59.0. The van der Waals surface area contributed by atoms with Gasteiger partial charge in [0.1, 0.15) is 0 Å². The first kappa shape index (κ1) is 17.2. The van der Waals surface area contributed by atoms with Gasteiger partial charge in [0.2, 0.25) is 0 Å². The van der Waals surface area contributed by atoms with E-state index in [2.05, 4.69) is 71.1 Å². The highest BCUT2D eigenvalue weighted by Crippen LogP contribution is 2.77. The summed E-state index contributed by atoms with van der Waals surface area (Å²) < 4.78 is 0.538. The lowest BCUT2D eigenvalue weighted by atomic mass is 9.58. The van der Waals surface area contributed by atoms with Gasteiger partial charge in [0.15, 0.2) is 0 Å². The van der Waals surface area contributed by atoms with Gasteiger partial charge in [-0.05, 0) is 90.8 Å². The average Bonchev–Trinajstić information content (AvgIpc) is 3.04. The summed E-state index contributed by atoms with van der Waals surface area (Å²) in [6, 6.07) is 0. The van der Waals surface area contributed by atoms with Gasteiger partial charge in [0.25, 0.3) is 0 Å². The number of halogens is 1. The maximum Gasteiger partial charge on any atom is 0.0278 e. The first-order valence-corrected chi connectivity index (χ1v) is 11.1. The fraction of sp³-hybridized carbons (Fsp3) is 1.00. The molecule has 4 aliphatic carbocycles. The maximum atomic E-state index is 2.87. The van der Waals surface area contributed by atoms with Gasteiger partial charge in [-0.25, -0.2) is 0 Å². The van der Waals surface area contributed by atoms with Crippen LogP contribution in [0.25, 0.3) is 0 Å².